The molecule has 1 aromatic heterocycles. The van der Waals surface area contributed by atoms with Crippen molar-refractivity contribution in [1.29, 1.82) is 0 Å². The first-order chi connectivity index (χ1) is 9.08. The molecule has 2 nitrogen and oxygen atoms in total. The van der Waals surface area contributed by atoms with E-state index < -0.39 is 0 Å². The van der Waals surface area contributed by atoms with Crippen molar-refractivity contribution in [2.75, 3.05) is 0 Å². The standard InChI is InChI=1S/C15H25BrN2S/c1-4-12-7-6-10(3)18(12)15(13(17)5-2)14-8-11(16)9-19-14/h8-10,12-13,15H,4-7,17H2,1-3H3. The fraction of sp³-hybridized carbons (Fsp3) is 0.733. The van der Waals surface area contributed by atoms with Crippen LogP contribution in [0.2, 0.25) is 0 Å². The van der Waals surface area contributed by atoms with E-state index in [2.05, 4.69) is 53.0 Å². The summed E-state index contributed by atoms with van der Waals surface area (Å²) in [5, 5.41) is 2.17. The number of thiophene rings is 1. The number of nitrogens with two attached hydrogens (primary N) is 1. The van der Waals surface area contributed by atoms with Gasteiger partial charge in [-0.3, -0.25) is 4.90 Å². The highest BCUT2D eigenvalue weighted by Gasteiger charge is 2.38. The molecule has 0 bridgehead atoms. The lowest BCUT2D eigenvalue weighted by Crippen LogP contribution is -2.45. The molecule has 1 aromatic rings. The predicted octanol–water partition coefficient (Wildman–Crippen LogP) is 4.55. The Labute approximate surface area is 129 Å². The topological polar surface area (TPSA) is 29.3 Å². The molecule has 108 valence electrons. The number of rotatable bonds is 5. The van der Waals surface area contributed by atoms with Gasteiger partial charge in [-0.25, -0.2) is 0 Å². The lowest BCUT2D eigenvalue weighted by atomic mass is 10.0. The number of hydrogen-bond donors (Lipinski definition) is 1. The van der Waals surface area contributed by atoms with Crippen molar-refractivity contribution >= 4 is 27.3 Å². The van der Waals surface area contributed by atoms with Gasteiger partial charge in [0.2, 0.25) is 0 Å². The van der Waals surface area contributed by atoms with Crippen LogP contribution in [-0.2, 0) is 0 Å². The van der Waals surface area contributed by atoms with Crippen molar-refractivity contribution in [3.63, 3.8) is 0 Å². The summed E-state index contributed by atoms with van der Waals surface area (Å²) in [5.74, 6) is 0. The average molecular weight is 345 g/mol. The molecule has 0 aliphatic carbocycles. The Hall–Kier alpha value is 0.1000. The third-order valence-electron chi connectivity index (χ3n) is 4.40. The van der Waals surface area contributed by atoms with E-state index in [9.17, 15) is 0 Å². The van der Waals surface area contributed by atoms with Gasteiger partial charge >= 0.3 is 0 Å². The van der Waals surface area contributed by atoms with Crippen molar-refractivity contribution in [1.82, 2.24) is 4.90 Å². The number of hydrogen-bond acceptors (Lipinski definition) is 3. The van der Waals surface area contributed by atoms with Crippen molar-refractivity contribution in [2.45, 2.75) is 70.6 Å². The molecule has 1 aliphatic rings. The Kier molecular flexibility index (Phi) is 5.46. The number of likely N-dealkylation sites (tertiary alicyclic amines) is 1. The molecule has 1 saturated heterocycles. The first-order valence-corrected chi connectivity index (χ1v) is 9.02. The van der Waals surface area contributed by atoms with Gasteiger partial charge in [0.15, 0.2) is 0 Å². The Morgan fingerprint density at radius 1 is 1.47 bits per heavy atom. The van der Waals surface area contributed by atoms with Crippen LogP contribution in [0.25, 0.3) is 0 Å². The van der Waals surface area contributed by atoms with E-state index >= 15 is 0 Å². The lowest BCUT2D eigenvalue weighted by Gasteiger charge is -2.38. The van der Waals surface area contributed by atoms with Crippen LogP contribution in [-0.4, -0.2) is 23.0 Å². The minimum absolute atomic E-state index is 0.222. The summed E-state index contributed by atoms with van der Waals surface area (Å²) in [4.78, 5) is 4.10. The molecule has 1 fully saturated rings. The van der Waals surface area contributed by atoms with E-state index in [1.54, 1.807) is 0 Å². The first kappa shape index (κ1) is 15.5. The SMILES string of the molecule is CCC(N)C(c1cc(Br)cs1)N1C(C)CCC1CC. The highest BCUT2D eigenvalue weighted by atomic mass is 79.9. The molecule has 4 heteroatoms. The van der Waals surface area contributed by atoms with E-state index in [4.69, 9.17) is 5.73 Å². The Morgan fingerprint density at radius 3 is 2.74 bits per heavy atom. The van der Waals surface area contributed by atoms with Crippen LogP contribution in [0.15, 0.2) is 15.9 Å². The third-order valence-corrected chi connectivity index (χ3v) is 6.16. The fourth-order valence-electron chi connectivity index (χ4n) is 3.29. The summed E-state index contributed by atoms with van der Waals surface area (Å²) in [6.07, 6.45) is 4.87. The molecule has 2 rings (SSSR count). The fourth-order valence-corrected chi connectivity index (χ4v) is 4.92. The van der Waals surface area contributed by atoms with Gasteiger partial charge in [0.1, 0.15) is 0 Å². The second kappa shape index (κ2) is 6.70. The summed E-state index contributed by atoms with van der Waals surface area (Å²) in [6.45, 7) is 6.85. The van der Waals surface area contributed by atoms with Crippen LogP contribution < -0.4 is 5.73 Å². The van der Waals surface area contributed by atoms with Crippen molar-refractivity contribution < 1.29 is 0 Å². The number of halogens is 1. The molecular weight excluding hydrogens is 320 g/mol. The first-order valence-electron chi connectivity index (χ1n) is 7.35. The summed E-state index contributed by atoms with van der Waals surface area (Å²) >= 11 is 5.41. The van der Waals surface area contributed by atoms with Crippen LogP contribution in [0.4, 0.5) is 0 Å². The van der Waals surface area contributed by atoms with Gasteiger partial charge in [-0.2, -0.15) is 0 Å². The van der Waals surface area contributed by atoms with Crippen molar-refractivity contribution in [3.05, 3.63) is 20.8 Å². The van der Waals surface area contributed by atoms with Crippen LogP contribution in [0, 0.1) is 0 Å². The quantitative estimate of drug-likeness (QED) is 0.848. The van der Waals surface area contributed by atoms with Gasteiger partial charge < -0.3 is 5.73 Å². The molecule has 2 heterocycles. The van der Waals surface area contributed by atoms with E-state index in [0.29, 0.717) is 18.1 Å². The van der Waals surface area contributed by atoms with Crippen LogP contribution in [0.5, 0.6) is 0 Å². The van der Waals surface area contributed by atoms with Crippen molar-refractivity contribution in [3.8, 4) is 0 Å². The minimum Gasteiger partial charge on any atom is -0.326 e. The monoisotopic (exact) mass is 344 g/mol. The Balaban J connectivity index is 2.31. The minimum atomic E-state index is 0.222. The van der Waals surface area contributed by atoms with Gasteiger partial charge in [-0.15, -0.1) is 11.3 Å². The molecule has 19 heavy (non-hydrogen) atoms. The van der Waals surface area contributed by atoms with E-state index in [1.807, 2.05) is 11.3 Å². The van der Waals surface area contributed by atoms with Crippen LogP contribution in [0.1, 0.15) is 57.4 Å². The average Bonchev–Trinajstić information content (AvgIpc) is 2.97. The Bertz CT molecular complexity index is 407. The normalized spacial score (nSPS) is 27.6. The molecule has 4 atom stereocenters. The highest BCUT2D eigenvalue weighted by Crippen LogP contribution is 2.39. The van der Waals surface area contributed by atoms with E-state index in [-0.39, 0.29) is 6.04 Å². The smallest absolute Gasteiger partial charge is 0.0598 e. The summed E-state index contributed by atoms with van der Waals surface area (Å²) in [7, 11) is 0. The molecule has 0 spiro atoms. The van der Waals surface area contributed by atoms with Crippen molar-refractivity contribution in [2.24, 2.45) is 5.73 Å². The molecule has 0 saturated carbocycles. The second-order valence-electron chi connectivity index (χ2n) is 5.62. The van der Waals surface area contributed by atoms with Gasteiger partial charge in [-0.1, -0.05) is 13.8 Å². The summed E-state index contributed by atoms with van der Waals surface area (Å²) < 4.78 is 1.18. The maximum atomic E-state index is 6.47. The molecular formula is C15H25BrN2S. The zero-order valence-corrected chi connectivity index (χ0v) is 14.5. The molecule has 0 radical (unpaired) electrons. The highest BCUT2D eigenvalue weighted by molar-refractivity contribution is 9.10. The Morgan fingerprint density at radius 2 is 2.21 bits per heavy atom. The van der Waals surface area contributed by atoms with Gasteiger partial charge in [-0.05, 0) is 54.6 Å². The number of nitrogens with zero attached hydrogens (tertiary/aromatic N) is 1. The molecule has 0 aromatic carbocycles. The summed E-state index contributed by atoms with van der Waals surface area (Å²) in [5.41, 5.74) is 6.47. The van der Waals surface area contributed by atoms with E-state index in [0.717, 1.165) is 6.42 Å². The maximum Gasteiger partial charge on any atom is 0.0598 e. The summed E-state index contributed by atoms with van der Waals surface area (Å²) in [6, 6.07) is 4.19. The van der Waals surface area contributed by atoms with E-state index in [1.165, 1.54) is 28.6 Å². The van der Waals surface area contributed by atoms with Gasteiger partial charge in [0, 0.05) is 32.9 Å². The molecule has 1 aliphatic heterocycles. The second-order valence-corrected chi connectivity index (χ2v) is 7.48. The largest absolute Gasteiger partial charge is 0.326 e. The van der Waals surface area contributed by atoms with Gasteiger partial charge in [0.05, 0.1) is 6.04 Å². The zero-order chi connectivity index (χ0) is 14.0. The molecule has 4 unspecified atom stereocenters. The molecule has 0 amide bonds. The molecule has 2 N–H and O–H groups in total. The lowest BCUT2D eigenvalue weighted by molar-refractivity contribution is 0.114. The van der Waals surface area contributed by atoms with Gasteiger partial charge in [0.25, 0.3) is 0 Å². The van der Waals surface area contributed by atoms with Crippen LogP contribution in [0.3, 0.4) is 0 Å². The zero-order valence-electron chi connectivity index (χ0n) is 12.1. The predicted molar refractivity (Wildman–Crippen MR) is 87.6 cm³/mol. The van der Waals surface area contributed by atoms with Crippen LogP contribution >= 0.6 is 27.3 Å². The maximum absolute atomic E-state index is 6.47. The third kappa shape index (κ3) is 3.23.